The van der Waals surface area contributed by atoms with Crippen molar-refractivity contribution in [3.8, 4) is 0 Å². The molecule has 0 spiro atoms. The monoisotopic (exact) mass is 588 g/mol. The Hall–Kier alpha value is -4.20. The highest BCUT2D eigenvalue weighted by atomic mass is 32.2. The van der Waals surface area contributed by atoms with Crippen LogP contribution in [0.15, 0.2) is 69.3 Å². The molecule has 7 aromatic rings. The molecular formula is C21H12N6O9S3. The van der Waals surface area contributed by atoms with Gasteiger partial charge in [0.15, 0.2) is 0 Å². The molecule has 0 aliphatic rings. The van der Waals surface area contributed by atoms with Gasteiger partial charge in [-0.05, 0) is 30.3 Å². The van der Waals surface area contributed by atoms with E-state index in [0.717, 1.165) is 0 Å². The summed E-state index contributed by atoms with van der Waals surface area (Å²) >= 11 is 0. The maximum Gasteiger partial charge on any atom is 0.298 e. The van der Waals surface area contributed by atoms with E-state index >= 15 is 0 Å². The van der Waals surface area contributed by atoms with Crippen LogP contribution in [0.1, 0.15) is 0 Å². The second kappa shape index (κ2) is 7.25. The number of para-hydroxylation sites is 4. The zero-order valence-corrected chi connectivity index (χ0v) is 21.3. The predicted octanol–water partition coefficient (Wildman–Crippen LogP) is 1.83. The third-order valence-corrected chi connectivity index (χ3v) is 9.28. The van der Waals surface area contributed by atoms with Crippen LogP contribution >= 0.6 is 0 Å². The number of rotatable bonds is 3. The molecule has 0 fully saturated rings. The standard InChI is InChI=1S/C21H12N6O9S3/c28-37(29,30)15-9-14-16(18(39(34,35)36)17(15)38(31,32)33)24-21-26-13-8-4-2-6-11(13)22-19(26)25-12-7-3-1-5-10(12)23-20(25)27(14)21/h1-9H,(H,28,29,30)(H,31,32,33)(H,34,35,36). The van der Waals surface area contributed by atoms with Crippen LogP contribution in [-0.2, 0) is 30.4 Å². The number of imidazole rings is 3. The van der Waals surface area contributed by atoms with Crippen molar-refractivity contribution in [2.75, 3.05) is 0 Å². The van der Waals surface area contributed by atoms with Gasteiger partial charge in [-0.15, -0.1) is 0 Å². The molecule has 0 atom stereocenters. The van der Waals surface area contributed by atoms with Crippen LogP contribution in [0.2, 0.25) is 0 Å². The highest BCUT2D eigenvalue weighted by Gasteiger charge is 2.37. The molecule has 18 heteroatoms. The average Bonchev–Trinajstić information content (AvgIpc) is 3.51. The van der Waals surface area contributed by atoms with Crippen molar-refractivity contribution >= 4 is 80.8 Å². The Bertz CT molecular complexity index is 2580. The Balaban J connectivity index is 1.92. The van der Waals surface area contributed by atoms with Crippen molar-refractivity contribution in [3.05, 3.63) is 54.6 Å². The molecule has 198 valence electrons. The minimum Gasteiger partial charge on any atom is -0.282 e. The molecule has 0 bridgehead atoms. The molecule has 4 heterocycles. The molecule has 3 N–H and O–H groups in total. The second-order valence-corrected chi connectivity index (χ2v) is 12.7. The fraction of sp³-hybridized carbons (Fsp3) is 0. The molecule has 0 radical (unpaired) electrons. The van der Waals surface area contributed by atoms with Crippen LogP contribution in [-0.4, -0.2) is 67.1 Å². The van der Waals surface area contributed by atoms with E-state index in [0.29, 0.717) is 28.1 Å². The smallest absolute Gasteiger partial charge is 0.282 e. The van der Waals surface area contributed by atoms with Crippen LogP contribution in [0.25, 0.3) is 50.4 Å². The first-order chi connectivity index (χ1) is 18.3. The van der Waals surface area contributed by atoms with Gasteiger partial charge in [0.05, 0.1) is 27.6 Å². The van der Waals surface area contributed by atoms with Gasteiger partial charge in [-0.3, -0.25) is 13.7 Å². The maximum absolute atomic E-state index is 12.5. The number of nitrogens with zero attached hydrogens (tertiary/aromatic N) is 6. The quantitative estimate of drug-likeness (QED) is 0.252. The van der Waals surface area contributed by atoms with Crippen LogP contribution in [0.5, 0.6) is 0 Å². The van der Waals surface area contributed by atoms with Gasteiger partial charge in [0.2, 0.25) is 17.3 Å². The zero-order valence-electron chi connectivity index (χ0n) is 18.9. The van der Waals surface area contributed by atoms with Crippen LogP contribution in [0.4, 0.5) is 0 Å². The third kappa shape index (κ3) is 3.17. The second-order valence-electron chi connectivity index (χ2n) is 8.54. The van der Waals surface area contributed by atoms with Gasteiger partial charge >= 0.3 is 0 Å². The van der Waals surface area contributed by atoms with E-state index in [1.165, 1.54) is 8.80 Å². The Morgan fingerprint density at radius 1 is 0.538 bits per heavy atom. The van der Waals surface area contributed by atoms with E-state index in [9.17, 15) is 38.9 Å². The summed E-state index contributed by atoms with van der Waals surface area (Å²) in [7, 11) is -16.7. The van der Waals surface area contributed by atoms with Crippen molar-refractivity contribution in [3.63, 3.8) is 0 Å². The first-order valence-corrected chi connectivity index (χ1v) is 15.1. The minimum atomic E-state index is -5.66. The first kappa shape index (κ1) is 23.9. The molecule has 0 aliphatic carbocycles. The molecule has 0 amide bonds. The number of aromatic nitrogens is 6. The van der Waals surface area contributed by atoms with Gasteiger partial charge in [-0.2, -0.15) is 25.3 Å². The number of benzene rings is 3. The maximum atomic E-state index is 12.5. The van der Waals surface area contributed by atoms with Crippen LogP contribution in [0.3, 0.4) is 0 Å². The summed E-state index contributed by atoms with van der Waals surface area (Å²) in [6.07, 6.45) is 0. The minimum absolute atomic E-state index is 0.0682. The van der Waals surface area contributed by atoms with E-state index in [2.05, 4.69) is 15.0 Å². The van der Waals surface area contributed by atoms with Gasteiger partial charge in [0.1, 0.15) is 20.2 Å². The van der Waals surface area contributed by atoms with Crippen LogP contribution < -0.4 is 0 Å². The fourth-order valence-electron chi connectivity index (χ4n) is 4.87. The van der Waals surface area contributed by atoms with Crippen molar-refractivity contribution in [2.45, 2.75) is 14.7 Å². The molecule has 15 nitrogen and oxygen atoms in total. The molecule has 3 aromatic carbocycles. The number of hydrogen-bond acceptors (Lipinski definition) is 9. The lowest BCUT2D eigenvalue weighted by Gasteiger charge is -2.10. The summed E-state index contributed by atoms with van der Waals surface area (Å²) in [5.41, 5.74) is 0.959. The SMILES string of the molecule is O=S(=O)(O)c1cc2c(nc3n4c5ccccc5nc4n4c5ccccc5nc4n23)c(S(=O)(=O)O)c1S(=O)(=O)O. The number of fused-ring (bicyclic) bond motifs is 12. The van der Waals surface area contributed by atoms with E-state index in [1.54, 1.807) is 52.9 Å². The van der Waals surface area contributed by atoms with E-state index < -0.39 is 50.6 Å². The molecular weight excluding hydrogens is 576 g/mol. The van der Waals surface area contributed by atoms with Crippen LogP contribution in [0, 0.1) is 0 Å². The normalized spacial score (nSPS) is 13.6. The summed E-state index contributed by atoms with van der Waals surface area (Å²) in [5.74, 6) is 0.259. The zero-order chi connectivity index (χ0) is 27.6. The first-order valence-electron chi connectivity index (χ1n) is 10.7. The molecule has 4 aromatic heterocycles. The van der Waals surface area contributed by atoms with Gasteiger partial charge in [0.25, 0.3) is 30.4 Å². The number of hydrogen-bond donors (Lipinski definition) is 3. The van der Waals surface area contributed by atoms with E-state index in [1.807, 2.05) is 0 Å². The largest absolute Gasteiger partial charge is 0.298 e. The highest BCUT2D eigenvalue weighted by molar-refractivity contribution is 7.90. The summed E-state index contributed by atoms with van der Waals surface area (Å²) in [4.78, 5) is 8.76. The van der Waals surface area contributed by atoms with E-state index in [4.69, 9.17) is 0 Å². The molecule has 0 saturated heterocycles. The lowest BCUT2D eigenvalue weighted by Crippen LogP contribution is -2.15. The molecule has 39 heavy (non-hydrogen) atoms. The highest BCUT2D eigenvalue weighted by Crippen LogP contribution is 2.37. The van der Waals surface area contributed by atoms with Gasteiger partial charge in [-0.1, -0.05) is 24.3 Å². The van der Waals surface area contributed by atoms with Gasteiger partial charge < -0.3 is 0 Å². The molecule has 7 rings (SSSR count). The summed E-state index contributed by atoms with van der Waals surface area (Å²) in [5, 5.41) is 0. The Morgan fingerprint density at radius 3 is 1.44 bits per heavy atom. The molecule has 0 aliphatic heterocycles. The lowest BCUT2D eigenvalue weighted by molar-refractivity contribution is 0.457. The van der Waals surface area contributed by atoms with Crippen molar-refractivity contribution < 1.29 is 38.9 Å². The summed E-state index contributed by atoms with van der Waals surface area (Å²) in [6.45, 7) is 0. The molecule has 0 unspecified atom stereocenters. The van der Waals surface area contributed by atoms with E-state index in [-0.39, 0.29) is 22.8 Å². The van der Waals surface area contributed by atoms with Crippen molar-refractivity contribution in [2.24, 2.45) is 0 Å². The molecule has 0 saturated carbocycles. The fourth-order valence-corrected chi connectivity index (χ4v) is 8.18. The summed E-state index contributed by atoms with van der Waals surface area (Å²) < 4.78 is 108. The Labute approximate surface area is 216 Å². The van der Waals surface area contributed by atoms with Crippen molar-refractivity contribution in [1.82, 2.24) is 28.2 Å². The van der Waals surface area contributed by atoms with Gasteiger partial charge in [0, 0.05) is 0 Å². The third-order valence-electron chi connectivity index (χ3n) is 6.29. The summed E-state index contributed by atoms with van der Waals surface area (Å²) in [6, 6.07) is 14.4. The topological polar surface area (TPSA) is 215 Å². The van der Waals surface area contributed by atoms with Gasteiger partial charge in [-0.25, -0.2) is 28.2 Å². The average molecular weight is 589 g/mol. The predicted molar refractivity (Wildman–Crippen MR) is 135 cm³/mol. The lowest BCUT2D eigenvalue weighted by atomic mass is 10.3. The van der Waals surface area contributed by atoms with Crippen molar-refractivity contribution in [1.29, 1.82) is 0 Å². The Kier molecular flexibility index (Phi) is 4.44. The Morgan fingerprint density at radius 2 is 0.974 bits per heavy atom.